The Morgan fingerprint density at radius 2 is 1.71 bits per heavy atom. The van der Waals surface area contributed by atoms with Crippen molar-refractivity contribution in [2.24, 2.45) is 0 Å². The van der Waals surface area contributed by atoms with Crippen LogP contribution in [0.15, 0.2) is 0 Å². The van der Waals surface area contributed by atoms with Gasteiger partial charge in [-0.25, -0.2) is 0 Å². The molecule has 0 atom stereocenters. The van der Waals surface area contributed by atoms with Gasteiger partial charge in [-0.2, -0.15) is 0 Å². The van der Waals surface area contributed by atoms with Crippen molar-refractivity contribution in [1.82, 2.24) is 0 Å². The van der Waals surface area contributed by atoms with Gasteiger partial charge in [0.1, 0.15) is 9.28 Å². The number of hydrogen-bond acceptors (Lipinski definition) is 3. The molecule has 84 valence electrons. The topological polar surface area (TPSA) is 27.7 Å². The Hall–Kier alpha value is 0.964. The summed E-state index contributed by atoms with van der Waals surface area (Å²) >= 11 is 0. The van der Waals surface area contributed by atoms with Crippen molar-refractivity contribution in [2.45, 2.75) is 32.2 Å². The maximum atomic E-state index is 6.30. The van der Waals surface area contributed by atoms with Gasteiger partial charge in [0.15, 0.2) is 18.1 Å². The molecule has 0 aromatic heterocycles. The molecule has 1 saturated heterocycles. The SMILES string of the molecule is C[SiH](C)O[Si]1(O[SiH](C)C)CCO[SiH2][SiH2]1. The molecule has 1 heterocycles. The Morgan fingerprint density at radius 1 is 1.14 bits per heavy atom. The van der Waals surface area contributed by atoms with Gasteiger partial charge in [0, 0.05) is 12.7 Å². The Labute approximate surface area is 95.6 Å². The summed E-state index contributed by atoms with van der Waals surface area (Å²) in [5.74, 6) is 0. The van der Waals surface area contributed by atoms with Crippen LogP contribution in [0.4, 0.5) is 0 Å². The van der Waals surface area contributed by atoms with Crippen LogP contribution in [0.2, 0.25) is 32.2 Å². The van der Waals surface area contributed by atoms with Gasteiger partial charge in [0.25, 0.3) is 8.08 Å². The van der Waals surface area contributed by atoms with Crippen LogP contribution < -0.4 is 0 Å². The van der Waals surface area contributed by atoms with E-state index in [4.69, 9.17) is 12.7 Å². The third-order valence-electron chi connectivity index (χ3n) is 2.16. The highest BCUT2D eigenvalue weighted by Gasteiger charge is 2.40. The summed E-state index contributed by atoms with van der Waals surface area (Å²) in [6.07, 6.45) is 0. The van der Waals surface area contributed by atoms with Gasteiger partial charge in [0.05, 0.1) is 8.55 Å². The van der Waals surface area contributed by atoms with Crippen molar-refractivity contribution in [3.8, 4) is 0 Å². The summed E-state index contributed by atoms with van der Waals surface area (Å²) < 4.78 is 18.2. The van der Waals surface area contributed by atoms with E-state index in [9.17, 15) is 0 Å². The molecule has 0 N–H and O–H groups in total. The van der Waals surface area contributed by atoms with Crippen LogP contribution in [0.5, 0.6) is 0 Å². The molecule has 1 aliphatic heterocycles. The standard InChI is InChI=1S/C6H22O3Si5/c1-12(2)8-14(9-13(3)4)6-5-7-10-11-14/h12-13H,5-6,10-11H2,1-4H3. The highest BCUT2D eigenvalue weighted by Crippen LogP contribution is 2.18. The molecule has 0 bridgehead atoms. The molecule has 0 radical (unpaired) electrons. The van der Waals surface area contributed by atoms with E-state index in [-0.39, 0.29) is 17.8 Å². The zero-order valence-corrected chi connectivity index (χ0v) is 15.8. The minimum atomic E-state index is -1.61. The predicted molar refractivity (Wildman–Crippen MR) is 73.5 cm³/mol. The summed E-state index contributed by atoms with van der Waals surface area (Å²) in [5.41, 5.74) is 0. The van der Waals surface area contributed by atoms with Crippen molar-refractivity contribution in [2.75, 3.05) is 6.61 Å². The average Bonchev–Trinajstić information content (AvgIpc) is 2.01. The smallest absolute Gasteiger partial charge is 0.289 e. The van der Waals surface area contributed by atoms with Crippen LogP contribution in [-0.2, 0) is 12.7 Å². The third kappa shape index (κ3) is 4.22. The van der Waals surface area contributed by atoms with Gasteiger partial charge >= 0.3 is 0 Å². The molecule has 0 aromatic rings. The van der Waals surface area contributed by atoms with Crippen LogP contribution in [0.25, 0.3) is 0 Å². The second-order valence-electron chi connectivity index (χ2n) is 4.36. The fourth-order valence-electron chi connectivity index (χ4n) is 1.81. The van der Waals surface area contributed by atoms with E-state index in [2.05, 4.69) is 26.2 Å². The van der Waals surface area contributed by atoms with Crippen molar-refractivity contribution in [3.05, 3.63) is 0 Å². The van der Waals surface area contributed by atoms with E-state index in [0.29, 0.717) is 0 Å². The van der Waals surface area contributed by atoms with E-state index < -0.39 is 26.2 Å². The molecule has 1 rings (SSSR count). The maximum Gasteiger partial charge on any atom is 0.289 e. The van der Waals surface area contributed by atoms with E-state index in [1.165, 1.54) is 0 Å². The van der Waals surface area contributed by atoms with Crippen LogP contribution >= 0.6 is 0 Å². The molecule has 8 heteroatoms. The van der Waals surface area contributed by atoms with Crippen molar-refractivity contribution in [1.29, 1.82) is 0 Å². The molecule has 1 aliphatic rings. The molecule has 0 spiro atoms. The minimum absolute atomic E-state index is 0.0894. The van der Waals surface area contributed by atoms with Gasteiger partial charge < -0.3 is 12.7 Å². The molecule has 0 saturated carbocycles. The van der Waals surface area contributed by atoms with Crippen LogP contribution in [0.3, 0.4) is 0 Å². The van der Waals surface area contributed by atoms with E-state index in [1.54, 1.807) is 0 Å². The molecule has 1 fully saturated rings. The number of rotatable bonds is 4. The highest BCUT2D eigenvalue weighted by molar-refractivity contribution is 7.40. The lowest BCUT2D eigenvalue weighted by Crippen LogP contribution is -2.58. The van der Waals surface area contributed by atoms with E-state index in [1.807, 2.05) is 0 Å². The summed E-state index contributed by atoms with van der Waals surface area (Å²) in [5, 5.41) is 0. The summed E-state index contributed by atoms with van der Waals surface area (Å²) in [7, 11) is -3.70. The number of hydrogen-bond donors (Lipinski definition) is 0. The summed E-state index contributed by atoms with van der Waals surface area (Å²) in [4.78, 5) is 0. The van der Waals surface area contributed by atoms with Crippen molar-refractivity contribution < 1.29 is 12.7 Å². The molecule has 0 unspecified atom stereocenters. The Morgan fingerprint density at radius 3 is 2.07 bits per heavy atom. The Balaban J connectivity index is 2.57. The van der Waals surface area contributed by atoms with E-state index in [0.717, 1.165) is 12.7 Å². The fraction of sp³-hybridized carbons (Fsp3) is 1.00. The highest BCUT2D eigenvalue weighted by atomic mass is 29.6. The van der Waals surface area contributed by atoms with Crippen molar-refractivity contribution >= 4 is 44.0 Å². The van der Waals surface area contributed by atoms with Gasteiger partial charge in [0.2, 0.25) is 0 Å². The maximum absolute atomic E-state index is 6.30. The lowest BCUT2D eigenvalue weighted by Gasteiger charge is -2.37. The summed E-state index contributed by atoms with van der Waals surface area (Å²) in [6.45, 7) is 10.0. The fourth-order valence-corrected chi connectivity index (χ4v) is 37.1. The molecule has 3 nitrogen and oxygen atoms in total. The second-order valence-corrected chi connectivity index (χ2v) is 24.5. The van der Waals surface area contributed by atoms with Crippen LogP contribution in [0.1, 0.15) is 0 Å². The van der Waals surface area contributed by atoms with Crippen LogP contribution in [0, 0.1) is 0 Å². The van der Waals surface area contributed by atoms with Gasteiger partial charge in [-0.1, -0.05) is 0 Å². The summed E-state index contributed by atoms with van der Waals surface area (Å²) in [6, 6.07) is 1.14. The molecular weight excluding hydrogens is 260 g/mol. The average molecular weight is 283 g/mol. The first-order chi connectivity index (χ1) is 6.54. The van der Waals surface area contributed by atoms with Crippen LogP contribution in [-0.4, -0.2) is 50.6 Å². The van der Waals surface area contributed by atoms with Crippen molar-refractivity contribution in [3.63, 3.8) is 0 Å². The van der Waals surface area contributed by atoms with Gasteiger partial charge in [-0.15, -0.1) is 0 Å². The Bertz CT molecular complexity index is 159. The molecule has 0 aromatic carbocycles. The Kier molecular flexibility index (Phi) is 5.48. The lowest BCUT2D eigenvalue weighted by atomic mass is 10.9. The lowest BCUT2D eigenvalue weighted by molar-refractivity contribution is 0.333. The minimum Gasteiger partial charge on any atom is -0.442 e. The zero-order valence-electron chi connectivity index (χ0n) is 9.71. The first-order valence-corrected chi connectivity index (χ1v) is 20.0. The largest absolute Gasteiger partial charge is 0.442 e. The second kappa shape index (κ2) is 5.89. The molecular formula is C6H22O3Si5. The van der Waals surface area contributed by atoms with Gasteiger partial charge in [-0.05, 0) is 26.2 Å². The molecule has 0 amide bonds. The van der Waals surface area contributed by atoms with Gasteiger partial charge in [-0.3, -0.25) is 0 Å². The monoisotopic (exact) mass is 282 g/mol. The predicted octanol–water partition coefficient (Wildman–Crippen LogP) is -0.877. The first kappa shape index (κ1) is 13.0. The first-order valence-electron chi connectivity index (χ1n) is 5.47. The third-order valence-corrected chi connectivity index (χ3v) is 28.4. The molecule has 0 aliphatic carbocycles. The normalized spacial score (nSPS) is 25.3. The zero-order chi connectivity index (χ0) is 10.6. The molecule has 14 heavy (non-hydrogen) atoms. The van der Waals surface area contributed by atoms with E-state index >= 15 is 0 Å². The quantitative estimate of drug-likeness (QED) is 0.627.